The van der Waals surface area contributed by atoms with E-state index < -0.39 is 5.60 Å². The lowest BCUT2D eigenvalue weighted by Crippen LogP contribution is -2.27. The first-order valence-corrected chi connectivity index (χ1v) is 10.6. The number of pyridine rings is 1. The lowest BCUT2D eigenvalue weighted by atomic mass is 10.1. The van der Waals surface area contributed by atoms with E-state index in [0.29, 0.717) is 19.8 Å². The van der Waals surface area contributed by atoms with Gasteiger partial charge in [0.2, 0.25) is 0 Å². The van der Waals surface area contributed by atoms with Crippen molar-refractivity contribution in [3.8, 4) is 5.82 Å². The van der Waals surface area contributed by atoms with Crippen LogP contribution in [0.5, 0.6) is 0 Å². The second-order valence-electron chi connectivity index (χ2n) is 8.51. The number of fused-ring (bicyclic) bond motifs is 4. The summed E-state index contributed by atoms with van der Waals surface area (Å²) in [6.07, 6.45) is 4.17. The van der Waals surface area contributed by atoms with Crippen molar-refractivity contribution in [2.75, 3.05) is 6.61 Å². The molecule has 6 nitrogen and oxygen atoms in total. The number of hydrogen-bond donors (Lipinski definition) is 1. The van der Waals surface area contributed by atoms with Crippen molar-refractivity contribution in [3.05, 3.63) is 66.7 Å². The van der Waals surface area contributed by atoms with Crippen LogP contribution in [0.25, 0.3) is 38.5 Å². The van der Waals surface area contributed by atoms with E-state index in [0.717, 1.165) is 44.4 Å². The van der Waals surface area contributed by atoms with E-state index in [2.05, 4.69) is 35.2 Å². The first-order valence-electron chi connectivity index (χ1n) is 10.6. The Morgan fingerprint density at radius 3 is 2.32 bits per heavy atom. The molecule has 3 heterocycles. The minimum atomic E-state index is -0.902. The predicted octanol–water partition coefficient (Wildman–Crippen LogP) is 4.84. The molecule has 1 N–H and O–H groups in total. The van der Waals surface area contributed by atoms with Gasteiger partial charge in [-0.3, -0.25) is 0 Å². The van der Waals surface area contributed by atoms with Gasteiger partial charge in [0.05, 0.1) is 23.2 Å². The highest BCUT2D eigenvalue weighted by Crippen LogP contribution is 2.32. The van der Waals surface area contributed by atoms with Crippen molar-refractivity contribution in [1.29, 1.82) is 0 Å². The third-order valence-electron chi connectivity index (χ3n) is 5.42. The van der Waals surface area contributed by atoms with Gasteiger partial charge in [-0.25, -0.2) is 9.97 Å². The zero-order chi connectivity index (χ0) is 21.6. The lowest BCUT2D eigenvalue weighted by molar-refractivity contribution is 0.0582. The summed E-state index contributed by atoms with van der Waals surface area (Å²) >= 11 is 0. The van der Waals surface area contributed by atoms with E-state index >= 15 is 0 Å². The molecule has 0 atom stereocenters. The summed E-state index contributed by atoms with van der Waals surface area (Å²) in [5.41, 5.74) is 1.76. The number of hydrogen-bond acceptors (Lipinski definition) is 4. The molecule has 0 radical (unpaired) electrons. The van der Waals surface area contributed by atoms with Crippen LogP contribution in [0.4, 0.5) is 0 Å². The fraction of sp³-hybridized carbons (Fsp3) is 0.280. The van der Waals surface area contributed by atoms with E-state index in [1.54, 1.807) is 0 Å². The topological polar surface area (TPSA) is 65.1 Å². The molecule has 0 unspecified atom stereocenters. The Balaban J connectivity index is 1.85. The van der Waals surface area contributed by atoms with Crippen molar-refractivity contribution in [2.24, 2.45) is 0 Å². The number of benzene rings is 2. The third kappa shape index (κ3) is 3.58. The zero-order valence-electron chi connectivity index (χ0n) is 18.0. The van der Waals surface area contributed by atoms with Crippen molar-refractivity contribution >= 4 is 32.7 Å². The van der Waals surface area contributed by atoms with E-state index in [9.17, 15) is 5.11 Å². The van der Waals surface area contributed by atoms with Crippen molar-refractivity contribution in [2.45, 2.75) is 39.5 Å². The highest BCUT2D eigenvalue weighted by Gasteiger charge is 2.23. The number of imidazole rings is 1. The molecule has 31 heavy (non-hydrogen) atoms. The molecule has 2 aromatic carbocycles. The molecule has 6 heteroatoms. The monoisotopic (exact) mass is 414 g/mol. The molecule has 0 amide bonds. The second kappa shape index (κ2) is 7.48. The number of nitrogens with zero attached hydrogens (tertiary/aromatic N) is 4. The van der Waals surface area contributed by atoms with Crippen LogP contribution in [0.3, 0.4) is 0 Å². The van der Waals surface area contributed by atoms with Gasteiger partial charge in [-0.1, -0.05) is 42.5 Å². The number of para-hydroxylation sites is 1. The van der Waals surface area contributed by atoms with Gasteiger partial charge in [0.1, 0.15) is 17.9 Å². The average Bonchev–Trinajstić information content (AvgIpc) is 3.32. The number of ether oxygens (including phenoxy) is 1. The molecule has 0 aliphatic carbocycles. The summed E-state index contributed by atoms with van der Waals surface area (Å²) in [6.45, 7) is 6.98. The average molecular weight is 415 g/mol. The summed E-state index contributed by atoms with van der Waals surface area (Å²) in [7, 11) is 0. The molecule has 0 saturated heterocycles. The molecular weight excluding hydrogens is 388 g/mol. The molecule has 158 valence electrons. The quantitative estimate of drug-likeness (QED) is 0.432. The molecule has 0 aliphatic rings. The maximum Gasteiger partial charge on any atom is 0.165 e. The van der Waals surface area contributed by atoms with Crippen LogP contribution in [0.15, 0.2) is 60.9 Å². The largest absolute Gasteiger partial charge is 0.389 e. The Labute approximate surface area is 180 Å². The molecule has 3 aromatic heterocycles. The summed E-state index contributed by atoms with van der Waals surface area (Å²) in [5, 5.41) is 14.0. The summed E-state index contributed by atoms with van der Waals surface area (Å²) < 4.78 is 9.85. The standard InChI is InChI=1S/C25H26N4O2/c1-4-31-15-21-27-22-23(29(21)16-25(2,3)30)19-11-7-8-12-20(19)26-24(22)28-13-17-9-5-6-10-18(17)14-28/h5-14,30H,4,15-16H2,1-3H3. The number of rotatable bonds is 6. The highest BCUT2D eigenvalue weighted by molar-refractivity contribution is 6.05. The van der Waals surface area contributed by atoms with Crippen LogP contribution in [0.1, 0.15) is 26.6 Å². The number of aromatic nitrogens is 4. The summed E-state index contributed by atoms with van der Waals surface area (Å²) in [5.74, 6) is 1.56. The normalized spacial score (nSPS) is 12.4. The fourth-order valence-corrected chi connectivity index (χ4v) is 4.11. The van der Waals surface area contributed by atoms with Crippen molar-refractivity contribution in [1.82, 2.24) is 19.1 Å². The van der Waals surface area contributed by atoms with Crippen LogP contribution in [0, 0.1) is 0 Å². The van der Waals surface area contributed by atoms with E-state index in [1.807, 2.05) is 55.7 Å². The molecule has 0 saturated carbocycles. The van der Waals surface area contributed by atoms with Crippen LogP contribution in [0.2, 0.25) is 0 Å². The number of aliphatic hydroxyl groups is 1. The summed E-state index contributed by atoms with van der Waals surface area (Å²) in [6, 6.07) is 16.3. The zero-order valence-corrected chi connectivity index (χ0v) is 18.0. The van der Waals surface area contributed by atoms with Gasteiger partial charge in [-0.15, -0.1) is 0 Å². The van der Waals surface area contributed by atoms with Crippen LogP contribution in [-0.2, 0) is 17.9 Å². The molecule has 0 aliphatic heterocycles. The Morgan fingerprint density at radius 2 is 1.65 bits per heavy atom. The Morgan fingerprint density at radius 1 is 0.968 bits per heavy atom. The second-order valence-corrected chi connectivity index (χ2v) is 8.51. The van der Waals surface area contributed by atoms with Crippen molar-refractivity contribution < 1.29 is 9.84 Å². The first kappa shape index (κ1) is 19.7. The predicted molar refractivity (Wildman–Crippen MR) is 123 cm³/mol. The highest BCUT2D eigenvalue weighted by atomic mass is 16.5. The Bertz CT molecular complexity index is 1360. The Hall–Kier alpha value is -3.22. The van der Waals surface area contributed by atoms with Gasteiger partial charge >= 0.3 is 0 Å². The van der Waals surface area contributed by atoms with Crippen LogP contribution in [-0.4, -0.2) is 36.4 Å². The molecule has 0 fully saturated rings. The summed E-state index contributed by atoms with van der Waals surface area (Å²) in [4.78, 5) is 9.96. The SMILES string of the molecule is CCOCc1nc2c(-n3cc4ccccc4c3)nc3ccccc3c2n1CC(C)(C)O. The van der Waals surface area contributed by atoms with E-state index in [-0.39, 0.29) is 0 Å². The third-order valence-corrected chi connectivity index (χ3v) is 5.42. The van der Waals surface area contributed by atoms with Crippen molar-refractivity contribution in [3.63, 3.8) is 0 Å². The van der Waals surface area contributed by atoms with Crippen LogP contribution < -0.4 is 0 Å². The van der Waals surface area contributed by atoms with Gasteiger partial charge in [-0.2, -0.15) is 0 Å². The molecular formula is C25H26N4O2. The van der Waals surface area contributed by atoms with E-state index in [4.69, 9.17) is 14.7 Å². The fourth-order valence-electron chi connectivity index (χ4n) is 4.11. The molecule has 5 rings (SSSR count). The maximum atomic E-state index is 10.6. The van der Waals surface area contributed by atoms with Gasteiger partial charge in [0, 0.05) is 24.4 Å². The smallest absolute Gasteiger partial charge is 0.165 e. The minimum absolute atomic E-state index is 0.378. The van der Waals surface area contributed by atoms with Crippen LogP contribution >= 0.6 is 0 Å². The van der Waals surface area contributed by atoms with E-state index in [1.165, 1.54) is 0 Å². The first-order chi connectivity index (χ1) is 14.9. The molecule has 5 aromatic rings. The molecule has 0 spiro atoms. The van der Waals surface area contributed by atoms with Gasteiger partial charge in [0.25, 0.3) is 0 Å². The van der Waals surface area contributed by atoms with Gasteiger partial charge < -0.3 is 19.0 Å². The molecule has 0 bridgehead atoms. The van der Waals surface area contributed by atoms with Gasteiger partial charge in [0.15, 0.2) is 5.82 Å². The lowest BCUT2D eigenvalue weighted by Gasteiger charge is -2.20. The maximum absolute atomic E-state index is 10.6. The van der Waals surface area contributed by atoms with Gasteiger partial charge in [-0.05, 0) is 37.6 Å². The minimum Gasteiger partial charge on any atom is -0.389 e. The Kier molecular flexibility index (Phi) is 4.76.